The van der Waals surface area contributed by atoms with Gasteiger partial charge in [0.1, 0.15) is 0 Å². The molecule has 0 aromatic rings. The Morgan fingerprint density at radius 3 is 2.33 bits per heavy atom. The van der Waals surface area contributed by atoms with Crippen LogP contribution in [0.1, 0.15) is 32.6 Å². The van der Waals surface area contributed by atoms with Crippen LogP contribution in [0.5, 0.6) is 0 Å². The predicted octanol–water partition coefficient (Wildman–Crippen LogP) is 0.220. The highest BCUT2D eigenvalue weighted by atomic mass is 16.2. The SMILES string of the molecule is CCCC(N)N1C(=O)CCC1=O. The minimum atomic E-state index is -0.405. The number of amides is 2. The second kappa shape index (κ2) is 3.67. The second-order valence-corrected chi connectivity index (χ2v) is 3.01. The molecule has 1 saturated heterocycles. The van der Waals surface area contributed by atoms with Crippen LogP contribution < -0.4 is 5.73 Å². The average Bonchev–Trinajstić information content (AvgIpc) is 2.32. The predicted molar refractivity (Wildman–Crippen MR) is 44.0 cm³/mol. The molecule has 4 heteroatoms. The zero-order valence-corrected chi connectivity index (χ0v) is 7.25. The summed E-state index contributed by atoms with van der Waals surface area (Å²) < 4.78 is 0. The monoisotopic (exact) mass is 170 g/mol. The highest BCUT2D eigenvalue weighted by molar-refractivity contribution is 6.02. The van der Waals surface area contributed by atoms with Gasteiger partial charge in [-0.3, -0.25) is 14.5 Å². The van der Waals surface area contributed by atoms with Gasteiger partial charge in [-0.1, -0.05) is 13.3 Å². The topological polar surface area (TPSA) is 63.4 Å². The van der Waals surface area contributed by atoms with Crippen molar-refractivity contribution < 1.29 is 9.59 Å². The Kier molecular flexibility index (Phi) is 2.81. The van der Waals surface area contributed by atoms with Gasteiger partial charge in [-0.05, 0) is 6.42 Å². The third kappa shape index (κ3) is 1.64. The summed E-state index contributed by atoms with van der Waals surface area (Å²) >= 11 is 0. The van der Waals surface area contributed by atoms with Crippen molar-refractivity contribution in [2.75, 3.05) is 0 Å². The molecule has 0 aromatic carbocycles. The van der Waals surface area contributed by atoms with Gasteiger partial charge in [0.15, 0.2) is 0 Å². The first kappa shape index (κ1) is 9.19. The molecule has 1 aliphatic heterocycles. The summed E-state index contributed by atoms with van der Waals surface area (Å²) in [7, 11) is 0. The summed E-state index contributed by atoms with van der Waals surface area (Å²) in [6.07, 6.45) is 1.83. The first-order chi connectivity index (χ1) is 5.66. The molecule has 68 valence electrons. The Morgan fingerprint density at radius 1 is 1.42 bits per heavy atom. The van der Waals surface area contributed by atoms with E-state index in [0.717, 1.165) is 6.42 Å². The molecule has 0 saturated carbocycles. The summed E-state index contributed by atoms with van der Waals surface area (Å²) in [5.41, 5.74) is 5.65. The van der Waals surface area contributed by atoms with Gasteiger partial charge in [0, 0.05) is 12.8 Å². The average molecular weight is 170 g/mol. The van der Waals surface area contributed by atoms with E-state index in [1.54, 1.807) is 0 Å². The normalized spacial score (nSPS) is 20.3. The van der Waals surface area contributed by atoms with Crippen LogP contribution in [-0.4, -0.2) is 22.9 Å². The molecule has 2 N–H and O–H groups in total. The molecule has 1 rings (SSSR count). The van der Waals surface area contributed by atoms with E-state index in [2.05, 4.69) is 0 Å². The fourth-order valence-corrected chi connectivity index (χ4v) is 1.39. The van der Waals surface area contributed by atoms with Crippen LogP contribution in [0.2, 0.25) is 0 Å². The van der Waals surface area contributed by atoms with Gasteiger partial charge in [0.2, 0.25) is 11.8 Å². The molecule has 0 radical (unpaired) electrons. The van der Waals surface area contributed by atoms with Gasteiger partial charge >= 0.3 is 0 Å². The van der Waals surface area contributed by atoms with E-state index in [9.17, 15) is 9.59 Å². The number of hydrogen-bond acceptors (Lipinski definition) is 3. The van der Waals surface area contributed by atoms with Gasteiger partial charge in [0.25, 0.3) is 0 Å². The number of nitrogens with two attached hydrogens (primary N) is 1. The molecular weight excluding hydrogens is 156 g/mol. The number of rotatable bonds is 3. The van der Waals surface area contributed by atoms with Crippen LogP contribution in [0.4, 0.5) is 0 Å². The van der Waals surface area contributed by atoms with Gasteiger partial charge in [-0.15, -0.1) is 0 Å². The summed E-state index contributed by atoms with van der Waals surface area (Å²) in [5.74, 6) is -0.248. The lowest BCUT2D eigenvalue weighted by Crippen LogP contribution is -2.45. The minimum absolute atomic E-state index is 0.124. The van der Waals surface area contributed by atoms with Crippen molar-refractivity contribution in [3.05, 3.63) is 0 Å². The largest absolute Gasteiger partial charge is 0.311 e. The molecule has 2 amide bonds. The molecule has 12 heavy (non-hydrogen) atoms. The van der Waals surface area contributed by atoms with Crippen molar-refractivity contribution in [3.8, 4) is 0 Å². The fourth-order valence-electron chi connectivity index (χ4n) is 1.39. The van der Waals surface area contributed by atoms with Gasteiger partial charge < -0.3 is 5.73 Å². The molecular formula is C8H14N2O2. The quantitative estimate of drug-likeness (QED) is 0.616. The Morgan fingerprint density at radius 2 is 1.92 bits per heavy atom. The molecule has 0 spiro atoms. The minimum Gasteiger partial charge on any atom is -0.311 e. The first-order valence-electron chi connectivity index (χ1n) is 4.27. The molecule has 1 aliphatic rings. The lowest BCUT2D eigenvalue weighted by Gasteiger charge is -2.21. The van der Waals surface area contributed by atoms with Crippen molar-refractivity contribution in [3.63, 3.8) is 0 Å². The molecule has 1 heterocycles. The summed E-state index contributed by atoms with van der Waals surface area (Å²) in [5, 5.41) is 0. The molecule has 1 unspecified atom stereocenters. The fraction of sp³-hybridized carbons (Fsp3) is 0.750. The number of likely N-dealkylation sites (tertiary alicyclic amines) is 1. The van der Waals surface area contributed by atoms with Crippen LogP contribution in [-0.2, 0) is 9.59 Å². The number of imide groups is 1. The van der Waals surface area contributed by atoms with Crippen molar-refractivity contribution in [1.82, 2.24) is 4.90 Å². The van der Waals surface area contributed by atoms with E-state index in [-0.39, 0.29) is 11.8 Å². The summed E-state index contributed by atoms with van der Waals surface area (Å²) in [6.45, 7) is 1.98. The molecule has 0 aromatic heterocycles. The van der Waals surface area contributed by atoms with E-state index in [4.69, 9.17) is 5.73 Å². The lowest BCUT2D eigenvalue weighted by atomic mass is 10.2. The number of nitrogens with zero attached hydrogens (tertiary/aromatic N) is 1. The van der Waals surface area contributed by atoms with Crippen molar-refractivity contribution >= 4 is 11.8 Å². The van der Waals surface area contributed by atoms with E-state index < -0.39 is 6.17 Å². The van der Waals surface area contributed by atoms with E-state index >= 15 is 0 Å². The van der Waals surface area contributed by atoms with Crippen LogP contribution in [0.3, 0.4) is 0 Å². The van der Waals surface area contributed by atoms with E-state index in [0.29, 0.717) is 19.3 Å². The summed E-state index contributed by atoms with van der Waals surface area (Å²) in [6, 6.07) is 0. The maximum absolute atomic E-state index is 11.1. The Hall–Kier alpha value is -0.900. The number of carbonyl (C=O) groups excluding carboxylic acids is 2. The Balaban J connectivity index is 2.59. The van der Waals surface area contributed by atoms with Crippen LogP contribution in [0, 0.1) is 0 Å². The third-order valence-corrected chi connectivity index (χ3v) is 2.01. The second-order valence-electron chi connectivity index (χ2n) is 3.01. The number of carbonyl (C=O) groups is 2. The zero-order valence-electron chi connectivity index (χ0n) is 7.25. The van der Waals surface area contributed by atoms with Crippen molar-refractivity contribution in [1.29, 1.82) is 0 Å². The zero-order chi connectivity index (χ0) is 9.14. The number of hydrogen-bond donors (Lipinski definition) is 1. The highest BCUT2D eigenvalue weighted by Crippen LogP contribution is 2.15. The van der Waals surface area contributed by atoms with Gasteiger partial charge in [0.05, 0.1) is 6.17 Å². The maximum Gasteiger partial charge on any atom is 0.231 e. The lowest BCUT2D eigenvalue weighted by molar-refractivity contribution is -0.141. The van der Waals surface area contributed by atoms with Gasteiger partial charge in [-0.25, -0.2) is 0 Å². The van der Waals surface area contributed by atoms with Crippen LogP contribution >= 0.6 is 0 Å². The Bertz CT molecular complexity index is 187. The van der Waals surface area contributed by atoms with Crippen LogP contribution in [0.15, 0.2) is 0 Å². The molecule has 0 bridgehead atoms. The molecule has 1 atom stereocenters. The van der Waals surface area contributed by atoms with Crippen molar-refractivity contribution in [2.24, 2.45) is 5.73 Å². The van der Waals surface area contributed by atoms with Crippen LogP contribution in [0.25, 0.3) is 0 Å². The first-order valence-corrected chi connectivity index (χ1v) is 4.27. The smallest absolute Gasteiger partial charge is 0.231 e. The highest BCUT2D eigenvalue weighted by Gasteiger charge is 2.32. The van der Waals surface area contributed by atoms with Gasteiger partial charge in [-0.2, -0.15) is 0 Å². The van der Waals surface area contributed by atoms with Crippen molar-refractivity contribution in [2.45, 2.75) is 38.8 Å². The maximum atomic E-state index is 11.1. The molecule has 4 nitrogen and oxygen atoms in total. The van der Waals surface area contributed by atoms with E-state index in [1.807, 2.05) is 6.92 Å². The molecule has 1 fully saturated rings. The van der Waals surface area contributed by atoms with E-state index in [1.165, 1.54) is 4.90 Å². The molecule has 0 aliphatic carbocycles. The standard InChI is InChI=1S/C8H14N2O2/c1-2-3-6(9)10-7(11)4-5-8(10)12/h6H,2-5,9H2,1H3. The Labute approximate surface area is 71.7 Å². The summed E-state index contributed by atoms with van der Waals surface area (Å²) in [4.78, 5) is 23.5. The third-order valence-electron chi connectivity index (χ3n) is 2.01.